The van der Waals surface area contributed by atoms with E-state index in [9.17, 15) is 0 Å². The van der Waals surface area contributed by atoms with Crippen LogP contribution in [-0.4, -0.2) is 7.11 Å². The van der Waals surface area contributed by atoms with Crippen molar-refractivity contribution < 1.29 is 4.74 Å². The van der Waals surface area contributed by atoms with Gasteiger partial charge >= 0.3 is 0 Å². The van der Waals surface area contributed by atoms with Gasteiger partial charge in [0.1, 0.15) is 0 Å². The van der Waals surface area contributed by atoms with Crippen LogP contribution in [0.25, 0.3) is 0 Å². The van der Waals surface area contributed by atoms with Gasteiger partial charge in [-0.3, -0.25) is 0 Å². The fourth-order valence-corrected chi connectivity index (χ4v) is 4.26. The van der Waals surface area contributed by atoms with E-state index in [2.05, 4.69) is 74.5 Å². The first kappa shape index (κ1) is 20.7. The highest BCUT2D eigenvalue weighted by Crippen LogP contribution is 2.45. The van der Waals surface area contributed by atoms with Crippen molar-refractivity contribution >= 4 is 0 Å². The molecule has 26 heavy (non-hydrogen) atoms. The van der Waals surface area contributed by atoms with Gasteiger partial charge in [0.25, 0.3) is 0 Å². The van der Waals surface area contributed by atoms with Crippen LogP contribution in [-0.2, 0) is 10.3 Å². The molecule has 0 aromatic heterocycles. The molecule has 0 radical (unpaired) electrons. The summed E-state index contributed by atoms with van der Waals surface area (Å²) in [5.41, 5.74) is 2.44. The molecule has 2 aromatic carbocycles. The van der Waals surface area contributed by atoms with E-state index in [1.807, 2.05) is 7.11 Å². The number of methoxy groups -OCH3 is 1. The van der Waals surface area contributed by atoms with Crippen molar-refractivity contribution in [2.45, 2.75) is 76.7 Å². The van der Waals surface area contributed by atoms with Crippen LogP contribution in [0.3, 0.4) is 0 Å². The fraction of sp³-hybridized carbons (Fsp3) is 0.520. The normalized spacial score (nSPS) is 14.7. The van der Waals surface area contributed by atoms with E-state index in [0.717, 1.165) is 6.42 Å². The summed E-state index contributed by atoms with van der Waals surface area (Å²) in [5, 5.41) is 0. The van der Waals surface area contributed by atoms with Gasteiger partial charge in [-0.1, -0.05) is 113 Å². The molecule has 2 aromatic rings. The van der Waals surface area contributed by atoms with E-state index in [4.69, 9.17) is 4.74 Å². The Bertz CT molecular complexity index is 586. The van der Waals surface area contributed by atoms with Gasteiger partial charge in [0, 0.05) is 13.0 Å². The summed E-state index contributed by atoms with van der Waals surface area (Å²) in [7, 11) is 1.88. The number of rotatable bonds is 12. The van der Waals surface area contributed by atoms with Crippen LogP contribution in [0.15, 0.2) is 60.7 Å². The zero-order valence-corrected chi connectivity index (χ0v) is 16.9. The minimum Gasteiger partial charge on any atom is -0.373 e. The van der Waals surface area contributed by atoms with E-state index in [0.29, 0.717) is 5.92 Å². The number of unbranched alkanes of at least 4 members (excludes halogenated alkanes) is 5. The van der Waals surface area contributed by atoms with Crippen LogP contribution in [0.2, 0.25) is 0 Å². The van der Waals surface area contributed by atoms with Crippen molar-refractivity contribution in [1.29, 1.82) is 0 Å². The van der Waals surface area contributed by atoms with Gasteiger partial charge in [-0.15, -0.1) is 0 Å². The average molecular weight is 353 g/mol. The van der Waals surface area contributed by atoms with E-state index in [1.165, 1.54) is 56.1 Å². The monoisotopic (exact) mass is 352 g/mol. The number of benzene rings is 2. The molecular formula is C25H36O. The Labute approximate surface area is 160 Å². The highest BCUT2D eigenvalue weighted by Gasteiger charge is 2.39. The molecule has 1 nitrogen and oxygen atoms in total. The highest BCUT2D eigenvalue weighted by molar-refractivity contribution is 5.31. The molecule has 0 saturated carbocycles. The van der Waals surface area contributed by atoms with Crippen molar-refractivity contribution in [2.75, 3.05) is 7.11 Å². The average Bonchev–Trinajstić information content (AvgIpc) is 2.71. The molecule has 0 aliphatic carbocycles. The lowest BCUT2D eigenvalue weighted by Crippen LogP contribution is -2.35. The highest BCUT2D eigenvalue weighted by atomic mass is 16.5. The number of hydrogen-bond acceptors (Lipinski definition) is 1. The topological polar surface area (TPSA) is 9.23 Å². The third-order valence-electron chi connectivity index (χ3n) is 5.76. The maximum Gasteiger partial charge on any atom is 0.0993 e. The second-order valence-electron chi connectivity index (χ2n) is 7.33. The van der Waals surface area contributed by atoms with Crippen LogP contribution in [0, 0.1) is 0 Å². The first-order valence-corrected chi connectivity index (χ1v) is 10.4. The van der Waals surface area contributed by atoms with Gasteiger partial charge in [-0.2, -0.15) is 0 Å². The molecule has 142 valence electrons. The maximum atomic E-state index is 6.29. The lowest BCUT2D eigenvalue weighted by Gasteiger charge is -2.40. The Balaban J connectivity index is 2.23. The van der Waals surface area contributed by atoms with Gasteiger partial charge in [0.05, 0.1) is 5.60 Å². The Hall–Kier alpha value is -1.60. The van der Waals surface area contributed by atoms with Crippen LogP contribution in [0.5, 0.6) is 0 Å². The summed E-state index contributed by atoms with van der Waals surface area (Å²) >= 11 is 0. The summed E-state index contributed by atoms with van der Waals surface area (Å²) < 4.78 is 6.29. The third-order valence-corrected chi connectivity index (χ3v) is 5.76. The molecular weight excluding hydrogens is 316 g/mol. The van der Waals surface area contributed by atoms with Gasteiger partial charge in [-0.25, -0.2) is 0 Å². The molecule has 1 heteroatoms. The van der Waals surface area contributed by atoms with Crippen molar-refractivity contribution in [1.82, 2.24) is 0 Å². The van der Waals surface area contributed by atoms with Crippen LogP contribution < -0.4 is 0 Å². The zero-order chi connectivity index (χ0) is 18.7. The zero-order valence-electron chi connectivity index (χ0n) is 16.9. The first-order valence-electron chi connectivity index (χ1n) is 10.4. The molecule has 0 amide bonds. The minimum atomic E-state index is -0.258. The van der Waals surface area contributed by atoms with E-state index in [-0.39, 0.29) is 5.60 Å². The van der Waals surface area contributed by atoms with Gasteiger partial charge < -0.3 is 4.74 Å². The summed E-state index contributed by atoms with van der Waals surface area (Å²) in [6, 6.07) is 21.8. The second-order valence-corrected chi connectivity index (χ2v) is 7.33. The lowest BCUT2D eigenvalue weighted by atomic mass is 9.73. The molecule has 2 rings (SSSR count). The SMILES string of the molecule is CCCCCCCCC(c1ccccc1)C(CC)(OC)c1ccccc1. The van der Waals surface area contributed by atoms with E-state index >= 15 is 0 Å². The molecule has 0 aliphatic heterocycles. The lowest BCUT2D eigenvalue weighted by molar-refractivity contribution is -0.0452. The Morgan fingerprint density at radius 1 is 0.769 bits per heavy atom. The van der Waals surface area contributed by atoms with E-state index in [1.54, 1.807) is 0 Å². The Morgan fingerprint density at radius 2 is 1.35 bits per heavy atom. The van der Waals surface area contributed by atoms with Gasteiger partial charge in [0.2, 0.25) is 0 Å². The summed E-state index contributed by atoms with van der Waals surface area (Å²) in [4.78, 5) is 0. The Kier molecular flexibility index (Phi) is 8.91. The summed E-state index contributed by atoms with van der Waals surface area (Å²) in [6.45, 7) is 4.53. The van der Waals surface area contributed by atoms with Crippen LogP contribution in [0.4, 0.5) is 0 Å². The smallest absolute Gasteiger partial charge is 0.0993 e. The van der Waals surface area contributed by atoms with Crippen LogP contribution in [0.1, 0.15) is 82.3 Å². The molecule has 0 saturated heterocycles. The van der Waals surface area contributed by atoms with Gasteiger partial charge in [0.15, 0.2) is 0 Å². The van der Waals surface area contributed by atoms with E-state index < -0.39 is 0 Å². The number of ether oxygens (including phenoxy) is 1. The molecule has 0 heterocycles. The maximum absolute atomic E-state index is 6.29. The quantitative estimate of drug-likeness (QED) is 0.360. The third kappa shape index (κ3) is 5.20. The largest absolute Gasteiger partial charge is 0.373 e. The predicted molar refractivity (Wildman–Crippen MR) is 113 cm³/mol. The van der Waals surface area contributed by atoms with Crippen molar-refractivity contribution in [3.8, 4) is 0 Å². The molecule has 0 fully saturated rings. The molecule has 0 bridgehead atoms. The molecule has 2 atom stereocenters. The van der Waals surface area contributed by atoms with Crippen molar-refractivity contribution in [2.24, 2.45) is 0 Å². The number of hydrogen-bond donors (Lipinski definition) is 0. The molecule has 0 N–H and O–H groups in total. The summed E-state index contributed by atoms with van der Waals surface area (Å²) in [6.07, 6.45) is 10.1. The predicted octanol–water partition coefficient (Wildman–Crippen LogP) is 7.47. The van der Waals surface area contributed by atoms with Crippen LogP contribution >= 0.6 is 0 Å². The minimum absolute atomic E-state index is 0.258. The molecule has 0 spiro atoms. The standard InChI is InChI=1S/C25H36O/c1-4-6-7-8-9-16-21-24(22-17-12-10-13-18-22)25(5-2,26-3)23-19-14-11-15-20-23/h10-15,17-20,24H,4-9,16,21H2,1-3H3. The first-order chi connectivity index (χ1) is 12.8. The Morgan fingerprint density at radius 3 is 1.92 bits per heavy atom. The fourth-order valence-electron chi connectivity index (χ4n) is 4.26. The molecule has 2 unspecified atom stereocenters. The van der Waals surface area contributed by atoms with Crippen molar-refractivity contribution in [3.63, 3.8) is 0 Å². The van der Waals surface area contributed by atoms with Gasteiger partial charge in [-0.05, 0) is 24.0 Å². The van der Waals surface area contributed by atoms with Crippen molar-refractivity contribution in [3.05, 3.63) is 71.8 Å². The molecule has 0 aliphatic rings. The second kappa shape index (κ2) is 11.2. The summed E-state index contributed by atoms with van der Waals surface area (Å²) in [5.74, 6) is 0.382.